The predicted octanol–water partition coefficient (Wildman–Crippen LogP) is 0.0467. The van der Waals surface area contributed by atoms with Crippen molar-refractivity contribution in [2.24, 2.45) is 5.92 Å². The van der Waals surface area contributed by atoms with E-state index in [-0.39, 0.29) is 12.1 Å². The highest BCUT2D eigenvalue weighted by Gasteiger charge is 2.31. The van der Waals surface area contributed by atoms with Crippen LogP contribution in [-0.4, -0.2) is 43.8 Å². The smallest absolute Gasteiger partial charge is 0.237 e. The summed E-state index contributed by atoms with van der Waals surface area (Å²) in [5.41, 5.74) is 0. The molecular weight excluding hydrogens is 168 g/mol. The first kappa shape index (κ1) is 10.5. The maximum Gasteiger partial charge on any atom is 0.237 e. The quantitative estimate of drug-likeness (QED) is 0.674. The zero-order valence-corrected chi connectivity index (χ0v) is 8.54. The van der Waals surface area contributed by atoms with Crippen molar-refractivity contribution in [3.8, 4) is 0 Å². The van der Waals surface area contributed by atoms with Crippen LogP contribution in [0.2, 0.25) is 0 Å². The van der Waals surface area contributed by atoms with Gasteiger partial charge in [0.15, 0.2) is 0 Å². The van der Waals surface area contributed by atoms with Crippen molar-refractivity contribution in [1.82, 2.24) is 10.2 Å². The van der Waals surface area contributed by atoms with E-state index in [1.165, 1.54) is 0 Å². The zero-order chi connectivity index (χ0) is 9.84. The SMILES string of the molecule is COCCN1C(=O)CNC1C(C)C. The normalized spacial score (nSPS) is 23.2. The fraction of sp³-hybridized carbons (Fsp3) is 0.889. The maximum atomic E-state index is 11.4. The monoisotopic (exact) mass is 186 g/mol. The lowest BCUT2D eigenvalue weighted by Crippen LogP contribution is -2.42. The zero-order valence-electron chi connectivity index (χ0n) is 8.54. The minimum absolute atomic E-state index is 0.177. The van der Waals surface area contributed by atoms with Crippen LogP contribution in [0.1, 0.15) is 13.8 Å². The van der Waals surface area contributed by atoms with Gasteiger partial charge < -0.3 is 9.64 Å². The molecule has 4 nitrogen and oxygen atoms in total. The van der Waals surface area contributed by atoms with Crippen LogP contribution >= 0.6 is 0 Å². The number of carbonyl (C=O) groups is 1. The first-order valence-electron chi connectivity index (χ1n) is 4.68. The Morgan fingerprint density at radius 1 is 1.69 bits per heavy atom. The molecule has 1 fully saturated rings. The maximum absolute atomic E-state index is 11.4. The van der Waals surface area contributed by atoms with Gasteiger partial charge in [-0.1, -0.05) is 13.8 Å². The van der Waals surface area contributed by atoms with Crippen LogP contribution in [0.25, 0.3) is 0 Å². The molecule has 1 aliphatic heterocycles. The molecule has 0 saturated carbocycles. The van der Waals surface area contributed by atoms with Gasteiger partial charge in [-0.3, -0.25) is 10.1 Å². The fourth-order valence-corrected chi connectivity index (χ4v) is 1.61. The second kappa shape index (κ2) is 4.58. The van der Waals surface area contributed by atoms with E-state index >= 15 is 0 Å². The Kier molecular flexibility index (Phi) is 3.69. The number of carbonyl (C=O) groups excluding carboxylic acids is 1. The van der Waals surface area contributed by atoms with Gasteiger partial charge in [-0.2, -0.15) is 0 Å². The number of methoxy groups -OCH3 is 1. The Labute approximate surface area is 79.2 Å². The molecule has 1 rings (SSSR count). The van der Waals surface area contributed by atoms with Gasteiger partial charge in [0.2, 0.25) is 5.91 Å². The Morgan fingerprint density at radius 2 is 2.38 bits per heavy atom. The van der Waals surface area contributed by atoms with Gasteiger partial charge >= 0.3 is 0 Å². The molecule has 4 heteroatoms. The third-order valence-corrected chi connectivity index (χ3v) is 2.29. The molecule has 0 aliphatic carbocycles. The second-order valence-corrected chi connectivity index (χ2v) is 3.65. The molecular formula is C9H18N2O2. The highest BCUT2D eigenvalue weighted by molar-refractivity contribution is 5.80. The van der Waals surface area contributed by atoms with Gasteiger partial charge in [0, 0.05) is 13.7 Å². The number of nitrogens with one attached hydrogen (secondary N) is 1. The molecule has 1 saturated heterocycles. The Balaban J connectivity index is 2.50. The average Bonchev–Trinajstić information content (AvgIpc) is 2.43. The van der Waals surface area contributed by atoms with Crippen LogP contribution in [-0.2, 0) is 9.53 Å². The molecule has 13 heavy (non-hydrogen) atoms. The summed E-state index contributed by atoms with van der Waals surface area (Å²) in [5, 5.41) is 3.19. The average molecular weight is 186 g/mol. The summed E-state index contributed by atoms with van der Waals surface area (Å²) in [6.07, 6.45) is 0.183. The number of hydrogen-bond donors (Lipinski definition) is 1. The molecule has 0 bridgehead atoms. The van der Waals surface area contributed by atoms with Gasteiger partial charge in [-0.25, -0.2) is 0 Å². The number of rotatable bonds is 4. The van der Waals surface area contributed by atoms with Gasteiger partial charge in [0.05, 0.1) is 19.3 Å². The second-order valence-electron chi connectivity index (χ2n) is 3.65. The Bertz CT molecular complexity index is 182. The van der Waals surface area contributed by atoms with Crippen molar-refractivity contribution in [1.29, 1.82) is 0 Å². The molecule has 1 N–H and O–H groups in total. The van der Waals surface area contributed by atoms with E-state index in [2.05, 4.69) is 19.2 Å². The first-order valence-corrected chi connectivity index (χ1v) is 4.68. The minimum Gasteiger partial charge on any atom is -0.383 e. The molecule has 0 radical (unpaired) electrons. The molecule has 1 aliphatic rings. The molecule has 1 heterocycles. The van der Waals surface area contributed by atoms with Crippen LogP contribution in [0.3, 0.4) is 0 Å². The van der Waals surface area contributed by atoms with Crippen LogP contribution in [0.5, 0.6) is 0 Å². The summed E-state index contributed by atoms with van der Waals surface area (Å²) in [6, 6.07) is 0. The summed E-state index contributed by atoms with van der Waals surface area (Å²) >= 11 is 0. The Morgan fingerprint density at radius 3 is 2.92 bits per heavy atom. The van der Waals surface area contributed by atoms with Crippen molar-refractivity contribution in [2.45, 2.75) is 20.0 Å². The number of ether oxygens (including phenoxy) is 1. The van der Waals surface area contributed by atoms with Gasteiger partial charge in [0.1, 0.15) is 0 Å². The minimum atomic E-state index is 0.177. The van der Waals surface area contributed by atoms with Crippen molar-refractivity contribution < 1.29 is 9.53 Å². The van der Waals surface area contributed by atoms with Crippen molar-refractivity contribution >= 4 is 5.91 Å². The lowest BCUT2D eigenvalue weighted by atomic mass is 10.1. The van der Waals surface area contributed by atoms with Crippen LogP contribution in [0.15, 0.2) is 0 Å². The summed E-state index contributed by atoms with van der Waals surface area (Å²) < 4.78 is 4.96. The summed E-state index contributed by atoms with van der Waals surface area (Å²) in [4.78, 5) is 13.3. The summed E-state index contributed by atoms with van der Waals surface area (Å²) in [6.45, 7) is 5.97. The van der Waals surface area contributed by atoms with Gasteiger partial charge in [0.25, 0.3) is 0 Å². The third-order valence-electron chi connectivity index (χ3n) is 2.29. The molecule has 0 aromatic carbocycles. The van der Waals surface area contributed by atoms with Crippen molar-refractivity contribution in [3.05, 3.63) is 0 Å². The Hall–Kier alpha value is -0.610. The number of nitrogens with zero attached hydrogens (tertiary/aromatic N) is 1. The van der Waals surface area contributed by atoms with E-state index in [0.717, 1.165) is 0 Å². The van der Waals surface area contributed by atoms with Crippen molar-refractivity contribution in [3.63, 3.8) is 0 Å². The van der Waals surface area contributed by atoms with Crippen LogP contribution in [0, 0.1) is 5.92 Å². The predicted molar refractivity (Wildman–Crippen MR) is 50.2 cm³/mol. The third kappa shape index (κ3) is 2.42. The molecule has 1 atom stereocenters. The highest BCUT2D eigenvalue weighted by Crippen LogP contribution is 2.12. The molecule has 0 aromatic rings. The number of hydrogen-bond acceptors (Lipinski definition) is 3. The van der Waals surface area contributed by atoms with E-state index in [4.69, 9.17) is 4.74 Å². The molecule has 0 aromatic heterocycles. The van der Waals surface area contributed by atoms with E-state index < -0.39 is 0 Å². The van der Waals surface area contributed by atoms with Crippen molar-refractivity contribution in [2.75, 3.05) is 26.8 Å². The lowest BCUT2D eigenvalue weighted by Gasteiger charge is -2.26. The van der Waals surface area contributed by atoms with E-state index in [1.54, 1.807) is 7.11 Å². The molecule has 76 valence electrons. The lowest BCUT2D eigenvalue weighted by molar-refractivity contribution is -0.129. The van der Waals surface area contributed by atoms with Crippen LogP contribution < -0.4 is 5.32 Å². The molecule has 1 unspecified atom stereocenters. The molecule has 1 amide bonds. The van der Waals surface area contributed by atoms with E-state index in [0.29, 0.717) is 25.6 Å². The number of amides is 1. The van der Waals surface area contributed by atoms with E-state index in [1.807, 2.05) is 4.90 Å². The fourth-order valence-electron chi connectivity index (χ4n) is 1.61. The van der Waals surface area contributed by atoms with Gasteiger partial charge in [-0.15, -0.1) is 0 Å². The van der Waals surface area contributed by atoms with Gasteiger partial charge in [-0.05, 0) is 5.92 Å². The highest BCUT2D eigenvalue weighted by atomic mass is 16.5. The standard InChI is InChI=1S/C9H18N2O2/c1-7(2)9-10-6-8(12)11(9)4-5-13-3/h7,9-10H,4-6H2,1-3H3. The summed E-state index contributed by atoms with van der Waals surface area (Å²) in [7, 11) is 1.65. The topological polar surface area (TPSA) is 41.6 Å². The van der Waals surface area contributed by atoms with E-state index in [9.17, 15) is 4.79 Å². The first-order chi connectivity index (χ1) is 6.16. The summed E-state index contributed by atoms with van der Waals surface area (Å²) in [5.74, 6) is 0.624. The largest absolute Gasteiger partial charge is 0.383 e. The molecule has 0 spiro atoms. The van der Waals surface area contributed by atoms with Crippen LogP contribution in [0.4, 0.5) is 0 Å².